The van der Waals surface area contributed by atoms with Crippen LogP contribution < -0.4 is 9.47 Å². The van der Waals surface area contributed by atoms with Crippen molar-refractivity contribution in [2.45, 2.75) is 6.42 Å². The van der Waals surface area contributed by atoms with E-state index in [2.05, 4.69) is 4.74 Å². The highest BCUT2D eigenvalue weighted by atomic mass is 16.5. The number of rotatable bonds is 7. The molecule has 6 heteroatoms. The Hall–Kier alpha value is -3.02. The molecule has 2 aromatic carbocycles. The molecule has 1 amide bonds. The molecule has 0 aliphatic heterocycles. The minimum Gasteiger partial charge on any atom is -0.493 e. The van der Waals surface area contributed by atoms with Crippen molar-refractivity contribution < 1.29 is 23.8 Å². The van der Waals surface area contributed by atoms with E-state index in [1.54, 1.807) is 50.4 Å². The van der Waals surface area contributed by atoms with Crippen molar-refractivity contribution in [1.29, 1.82) is 0 Å². The van der Waals surface area contributed by atoms with Crippen molar-refractivity contribution >= 4 is 11.9 Å². The average molecular weight is 357 g/mol. The molecule has 0 fully saturated rings. The summed E-state index contributed by atoms with van der Waals surface area (Å²) in [7, 11) is 6.26. The van der Waals surface area contributed by atoms with Crippen molar-refractivity contribution in [3.05, 3.63) is 59.2 Å². The van der Waals surface area contributed by atoms with Gasteiger partial charge in [0.1, 0.15) is 0 Å². The summed E-state index contributed by atoms with van der Waals surface area (Å²) in [5.74, 6) is 0.802. The summed E-state index contributed by atoms with van der Waals surface area (Å²) < 4.78 is 15.2. The van der Waals surface area contributed by atoms with E-state index in [0.29, 0.717) is 35.6 Å². The van der Waals surface area contributed by atoms with Gasteiger partial charge >= 0.3 is 5.97 Å². The van der Waals surface area contributed by atoms with E-state index in [0.717, 1.165) is 5.56 Å². The van der Waals surface area contributed by atoms with E-state index in [1.165, 1.54) is 7.11 Å². The highest BCUT2D eigenvalue weighted by Gasteiger charge is 2.13. The summed E-state index contributed by atoms with van der Waals surface area (Å²) in [6.07, 6.45) is 0.683. The van der Waals surface area contributed by atoms with E-state index in [9.17, 15) is 9.59 Å². The van der Waals surface area contributed by atoms with Gasteiger partial charge in [0.2, 0.25) is 0 Å². The SMILES string of the molecule is COC(=O)c1ccc(C(=O)N(C)CCc2ccc(OC)c(OC)c2)cc1. The maximum atomic E-state index is 12.5. The van der Waals surface area contributed by atoms with Crippen LogP contribution in [0.4, 0.5) is 0 Å². The number of methoxy groups -OCH3 is 3. The second-order valence-corrected chi connectivity index (χ2v) is 5.73. The molecule has 0 bridgehead atoms. The van der Waals surface area contributed by atoms with Crippen LogP contribution in [0.1, 0.15) is 26.3 Å². The molecular formula is C20H23NO5. The number of nitrogens with zero attached hydrogens (tertiary/aromatic N) is 1. The number of carbonyl (C=O) groups is 2. The standard InChI is InChI=1S/C20H23NO5/c1-21(12-11-14-5-10-17(24-2)18(13-14)25-3)19(22)15-6-8-16(9-7-15)20(23)26-4/h5-10,13H,11-12H2,1-4H3. The summed E-state index contributed by atoms with van der Waals surface area (Å²) in [5, 5.41) is 0. The van der Waals surface area contributed by atoms with Gasteiger partial charge in [0, 0.05) is 19.2 Å². The van der Waals surface area contributed by atoms with E-state index in [-0.39, 0.29) is 5.91 Å². The molecule has 138 valence electrons. The zero-order chi connectivity index (χ0) is 19.1. The summed E-state index contributed by atoms with van der Waals surface area (Å²) in [4.78, 5) is 25.6. The summed E-state index contributed by atoms with van der Waals surface area (Å²) in [6.45, 7) is 0.549. The summed E-state index contributed by atoms with van der Waals surface area (Å²) >= 11 is 0. The molecule has 0 aliphatic carbocycles. The van der Waals surface area contributed by atoms with Crippen LogP contribution in [0.25, 0.3) is 0 Å². The summed E-state index contributed by atoms with van der Waals surface area (Å²) in [6, 6.07) is 12.1. The van der Waals surface area contributed by atoms with Gasteiger partial charge in [0.25, 0.3) is 5.91 Å². The zero-order valence-electron chi connectivity index (χ0n) is 15.4. The van der Waals surface area contributed by atoms with Gasteiger partial charge < -0.3 is 19.1 Å². The maximum Gasteiger partial charge on any atom is 0.337 e. The molecule has 0 unspecified atom stereocenters. The van der Waals surface area contributed by atoms with Crippen molar-refractivity contribution in [3.8, 4) is 11.5 Å². The zero-order valence-corrected chi connectivity index (χ0v) is 15.4. The molecule has 0 aromatic heterocycles. The normalized spacial score (nSPS) is 10.2. The number of likely N-dealkylation sites (N-methyl/N-ethyl adjacent to an activating group) is 1. The molecule has 0 radical (unpaired) electrons. The second-order valence-electron chi connectivity index (χ2n) is 5.73. The van der Waals surface area contributed by atoms with E-state index in [4.69, 9.17) is 9.47 Å². The Labute approximate surface area is 153 Å². The Kier molecular flexibility index (Phi) is 6.60. The molecular weight excluding hydrogens is 334 g/mol. The quantitative estimate of drug-likeness (QED) is 0.713. The number of hydrogen-bond acceptors (Lipinski definition) is 5. The first-order valence-corrected chi connectivity index (χ1v) is 8.15. The molecule has 0 heterocycles. The van der Waals surface area contributed by atoms with Gasteiger partial charge in [0.15, 0.2) is 11.5 Å². The molecule has 2 aromatic rings. The lowest BCUT2D eigenvalue weighted by Gasteiger charge is -2.18. The predicted octanol–water partition coefficient (Wildman–Crippen LogP) is 2.81. The number of benzene rings is 2. The molecule has 0 N–H and O–H groups in total. The largest absolute Gasteiger partial charge is 0.493 e. The van der Waals surface area contributed by atoms with Crippen molar-refractivity contribution in [2.24, 2.45) is 0 Å². The van der Waals surface area contributed by atoms with Crippen LogP contribution in [0, 0.1) is 0 Å². The molecule has 0 spiro atoms. The number of esters is 1. The van der Waals surface area contributed by atoms with Crippen LogP contribution in [0.2, 0.25) is 0 Å². The first kappa shape index (κ1) is 19.3. The van der Waals surface area contributed by atoms with Gasteiger partial charge in [-0.3, -0.25) is 4.79 Å². The summed E-state index contributed by atoms with van der Waals surface area (Å²) in [5.41, 5.74) is 1.98. The third-order valence-corrected chi connectivity index (χ3v) is 4.08. The molecule has 6 nitrogen and oxygen atoms in total. The van der Waals surface area contributed by atoms with Gasteiger partial charge in [-0.25, -0.2) is 4.79 Å². The van der Waals surface area contributed by atoms with Gasteiger partial charge in [-0.15, -0.1) is 0 Å². The van der Waals surface area contributed by atoms with Crippen LogP contribution in [0.3, 0.4) is 0 Å². The van der Waals surface area contributed by atoms with Gasteiger partial charge in [-0.05, 0) is 48.4 Å². The Morgan fingerprint density at radius 2 is 1.50 bits per heavy atom. The van der Waals surface area contributed by atoms with Gasteiger partial charge in [0.05, 0.1) is 26.9 Å². The number of hydrogen-bond donors (Lipinski definition) is 0. The fourth-order valence-corrected chi connectivity index (χ4v) is 2.52. The Morgan fingerprint density at radius 1 is 0.885 bits per heavy atom. The number of ether oxygens (including phenoxy) is 3. The van der Waals surface area contributed by atoms with Gasteiger partial charge in [-0.1, -0.05) is 6.07 Å². The first-order chi connectivity index (χ1) is 12.5. The van der Waals surface area contributed by atoms with Crippen LogP contribution in [-0.2, 0) is 11.2 Å². The Bertz CT molecular complexity index is 770. The molecule has 0 saturated carbocycles. The van der Waals surface area contributed by atoms with E-state index >= 15 is 0 Å². The third kappa shape index (κ3) is 4.53. The van der Waals surface area contributed by atoms with Crippen LogP contribution in [0.5, 0.6) is 11.5 Å². The third-order valence-electron chi connectivity index (χ3n) is 4.08. The van der Waals surface area contributed by atoms with E-state index < -0.39 is 5.97 Å². The predicted molar refractivity (Wildman–Crippen MR) is 98.0 cm³/mol. The highest BCUT2D eigenvalue weighted by molar-refractivity contribution is 5.96. The Morgan fingerprint density at radius 3 is 2.08 bits per heavy atom. The highest BCUT2D eigenvalue weighted by Crippen LogP contribution is 2.27. The molecule has 26 heavy (non-hydrogen) atoms. The number of amides is 1. The molecule has 0 atom stereocenters. The fourth-order valence-electron chi connectivity index (χ4n) is 2.52. The minimum atomic E-state index is -0.425. The second kappa shape index (κ2) is 8.89. The lowest BCUT2D eigenvalue weighted by Crippen LogP contribution is -2.28. The maximum absolute atomic E-state index is 12.5. The van der Waals surface area contributed by atoms with Crippen molar-refractivity contribution in [1.82, 2.24) is 4.90 Å². The lowest BCUT2D eigenvalue weighted by atomic mass is 10.1. The minimum absolute atomic E-state index is 0.109. The lowest BCUT2D eigenvalue weighted by molar-refractivity contribution is 0.0600. The smallest absolute Gasteiger partial charge is 0.337 e. The van der Waals surface area contributed by atoms with Crippen LogP contribution >= 0.6 is 0 Å². The monoisotopic (exact) mass is 357 g/mol. The first-order valence-electron chi connectivity index (χ1n) is 8.15. The molecule has 2 rings (SSSR count). The Balaban J connectivity index is 2.00. The molecule has 0 aliphatic rings. The van der Waals surface area contributed by atoms with Gasteiger partial charge in [-0.2, -0.15) is 0 Å². The van der Waals surface area contributed by atoms with Crippen molar-refractivity contribution in [2.75, 3.05) is 34.9 Å². The number of carbonyl (C=O) groups excluding carboxylic acids is 2. The fraction of sp³-hybridized carbons (Fsp3) is 0.300. The average Bonchev–Trinajstić information content (AvgIpc) is 2.70. The van der Waals surface area contributed by atoms with Crippen LogP contribution in [0.15, 0.2) is 42.5 Å². The topological polar surface area (TPSA) is 65.1 Å². The van der Waals surface area contributed by atoms with E-state index in [1.807, 2.05) is 18.2 Å². The molecule has 0 saturated heterocycles. The van der Waals surface area contributed by atoms with Crippen LogP contribution in [-0.4, -0.2) is 51.7 Å². The van der Waals surface area contributed by atoms with Crippen molar-refractivity contribution in [3.63, 3.8) is 0 Å².